The van der Waals surface area contributed by atoms with E-state index in [1.807, 2.05) is 21.8 Å². The maximum atomic E-state index is 4.12. The van der Waals surface area contributed by atoms with Crippen LogP contribution in [-0.4, -0.2) is 9.97 Å². The van der Waals surface area contributed by atoms with Crippen molar-refractivity contribution in [3.05, 3.63) is 21.8 Å². The molecule has 0 aliphatic heterocycles. The van der Waals surface area contributed by atoms with Crippen molar-refractivity contribution in [3.63, 3.8) is 0 Å². The molecule has 0 spiro atoms. The number of nitrogens with zero attached hydrogens (tertiary/aromatic N) is 2. The van der Waals surface area contributed by atoms with E-state index in [4.69, 9.17) is 0 Å². The summed E-state index contributed by atoms with van der Waals surface area (Å²) in [7, 11) is 0. The molecule has 2 heterocycles. The Hall–Kier alpha value is -0.0906. The van der Waals surface area contributed by atoms with Gasteiger partial charge in [0.1, 0.15) is 11.4 Å². The predicted octanol–water partition coefficient (Wildman–Crippen LogP) is 2.26. The SMILES string of the molecule is [Ir].c1nc(-c2cscn2)cs1. The van der Waals surface area contributed by atoms with Crippen LogP contribution in [0.25, 0.3) is 11.4 Å². The van der Waals surface area contributed by atoms with Crippen molar-refractivity contribution in [2.45, 2.75) is 0 Å². The minimum absolute atomic E-state index is 0. The van der Waals surface area contributed by atoms with Crippen LogP contribution >= 0.6 is 22.7 Å². The maximum absolute atomic E-state index is 4.12. The zero-order valence-corrected chi connectivity index (χ0v) is 9.38. The Balaban J connectivity index is 0.000000605. The van der Waals surface area contributed by atoms with E-state index in [1.165, 1.54) is 0 Å². The summed E-state index contributed by atoms with van der Waals surface area (Å²) in [6, 6.07) is 0. The van der Waals surface area contributed by atoms with Crippen molar-refractivity contribution < 1.29 is 20.1 Å². The van der Waals surface area contributed by atoms with Crippen LogP contribution in [0.2, 0.25) is 0 Å². The maximum Gasteiger partial charge on any atom is 0.100 e. The van der Waals surface area contributed by atoms with Gasteiger partial charge in [0.2, 0.25) is 0 Å². The van der Waals surface area contributed by atoms with Crippen molar-refractivity contribution in [2.24, 2.45) is 0 Å². The standard InChI is InChI=1S/C6H4N2S2.Ir/c1-5(7-3-9-1)6-2-10-4-8-6;/h1-4H;. The molecule has 2 aromatic heterocycles. The van der Waals surface area contributed by atoms with E-state index >= 15 is 0 Å². The summed E-state index contributed by atoms with van der Waals surface area (Å²) in [5, 5.41) is 3.99. The summed E-state index contributed by atoms with van der Waals surface area (Å²) >= 11 is 3.18. The minimum atomic E-state index is 0. The van der Waals surface area contributed by atoms with Gasteiger partial charge in [-0.15, -0.1) is 22.7 Å². The molecule has 2 aromatic rings. The van der Waals surface area contributed by atoms with E-state index in [1.54, 1.807) is 22.7 Å². The predicted molar refractivity (Wildman–Crippen MR) is 43.2 cm³/mol. The van der Waals surface area contributed by atoms with Crippen LogP contribution < -0.4 is 0 Å². The first-order valence-corrected chi connectivity index (χ1v) is 4.62. The Labute approximate surface area is 85.7 Å². The summed E-state index contributed by atoms with van der Waals surface area (Å²) in [5.41, 5.74) is 5.58. The number of thiazole rings is 2. The molecule has 0 aliphatic carbocycles. The van der Waals surface area contributed by atoms with Crippen molar-refractivity contribution in [1.29, 1.82) is 0 Å². The first-order chi connectivity index (χ1) is 4.97. The fourth-order valence-corrected chi connectivity index (χ4v) is 1.77. The van der Waals surface area contributed by atoms with Gasteiger partial charge in [0.15, 0.2) is 0 Å². The van der Waals surface area contributed by atoms with E-state index in [-0.39, 0.29) is 20.1 Å². The van der Waals surface area contributed by atoms with Crippen LogP contribution in [0, 0.1) is 0 Å². The summed E-state index contributed by atoms with van der Waals surface area (Å²) in [6.07, 6.45) is 0. The molecule has 0 saturated heterocycles. The van der Waals surface area contributed by atoms with Crippen LogP contribution in [0.1, 0.15) is 0 Å². The largest absolute Gasteiger partial charge is 0.243 e. The van der Waals surface area contributed by atoms with Gasteiger partial charge in [-0.1, -0.05) is 0 Å². The molecule has 5 heteroatoms. The van der Waals surface area contributed by atoms with Crippen LogP contribution in [0.4, 0.5) is 0 Å². The number of hydrogen-bond donors (Lipinski definition) is 0. The van der Waals surface area contributed by atoms with Crippen molar-refractivity contribution in [2.75, 3.05) is 0 Å². The number of rotatable bonds is 1. The van der Waals surface area contributed by atoms with Gasteiger partial charge in [-0.3, -0.25) is 0 Å². The summed E-state index contributed by atoms with van der Waals surface area (Å²) < 4.78 is 0. The molecule has 59 valence electrons. The molecule has 0 aromatic carbocycles. The molecule has 0 fully saturated rings. The second kappa shape index (κ2) is 4.07. The monoisotopic (exact) mass is 361 g/mol. The Kier molecular flexibility index (Phi) is 3.33. The third-order valence-electron chi connectivity index (χ3n) is 1.13. The molecule has 1 radical (unpaired) electrons. The molecule has 0 amide bonds. The van der Waals surface area contributed by atoms with Crippen LogP contribution in [0.5, 0.6) is 0 Å². The van der Waals surface area contributed by atoms with Gasteiger partial charge >= 0.3 is 0 Å². The van der Waals surface area contributed by atoms with E-state index in [0.717, 1.165) is 11.4 Å². The number of aromatic nitrogens is 2. The summed E-state index contributed by atoms with van der Waals surface area (Å²) in [6.45, 7) is 0. The van der Waals surface area contributed by atoms with Crippen molar-refractivity contribution >= 4 is 22.7 Å². The Morgan fingerprint density at radius 1 is 0.909 bits per heavy atom. The second-order valence-electron chi connectivity index (χ2n) is 1.75. The topological polar surface area (TPSA) is 25.8 Å². The first kappa shape index (κ1) is 9.00. The third-order valence-corrected chi connectivity index (χ3v) is 2.30. The first-order valence-electron chi connectivity index (χ1n) is 2.73. The fraction of sp³-hybridized carbons (Fsp3) is 0. The molecule has 11 heavy (non-hydrogen) atoms. The minimum Gasteiger partial charge on any atom is -0.243 e. The van der Waals surface area contributed by atoms with E-state index in [9.17, 15) is 0 Å². The normalized spacial score (nSPS) is 9.09. The molecule has 0 atom stereocenters. The zero-order chi connectivity index (χ0) is 6.81. The Morgan fingerprint density at radius 2 is 1.36 bits per heavy atom. The van der Waals surface area contributed by atoms with Crippen molar-refractivity contribution in [1.82, 2.24) is 9.97 Å². The van der Waals surface area contributed by atoms with Gasteiger partial charge in [-0.25, -0.2) is 9.97 Å². The van der Waals surface area contributed by atoms with Gasteiger partial charge in [0.25, 0.3) is 0 Å². The molecule has 0 aliphatic rings. The summed E-state index contributed by atoms with van der Waals surface area (Å²) in [5.74, 6) is 0. The molecule has 0 N–H and O–H groups in total. The van der Waals surface area contributed by atoms with E-state index < -0.39 is 0 Å². The van der Waals surface area contributed by atoms with Gasteiger partial charge < -0.3 is 0 Å². The molecule has 0 unspecified atom stereocenters. The van der Waals surface area contributed by atoms with Crippen LogP contribution in [0.3, 0.4) is 0 Å². The van der Waals surface area contributed by atoms with Gasteiger partial charge in [0.05, 0.1) is 11.0 Å². The molecule has 0 saturated carbocycles. The average Bonchev–Trinajstić information content (AvgIpc) is 2.59. The molecular formula is C6H4IrN2S2. The smallest absolute Gasteiger partial charge is 0.100 e. The molecule has 2 nitrogen and oxygen atoms in total. The number of hydrogen-bond acceptors (Lipinski definition) is 4. The third kappa shape index (κ3) is 1.93. The van der Waals surface area contributed by atoms with Gasteiger partial charge in [0, 0.05) is 30.9 Å². The molecule has 2 rings (SSSR count). The Morgan fingerprint density at radius 3 is 1.64 bits per heavy atom. The average molecular weight is 360 g/mol. The summed E-state index contributed by atoms with van der Waals surface area (Å²) in [4.78, 5) is 8.24. The van der Waals surface area contributed by atoms with Gasteiger partial charge in [-0.05, 0) is 0 Å². The quantitative estimate of drug-likeness (QED) is 0.780. The fourth-order valence-electron chi connectivity index (χ4n) is 0.678. The van der Waals surface area contributed by atoms with Crippen LogP contribution in [-0.2, 0) is 20.1 Å². The molecular weight excluding hydrogens is 356 g/mol. The van der Waals surface area contributed by atoms with E-state index in [0.29, 0.717) is 0 Å². The molecule has 0 bridgehead atoms. The zero-order valence-electron chi connectivity index (χ0n) is 5.35. The Bertz CT molecular complexity index is 258. The van der Waals surface area contributed by atoms with Crippen molar-refractivity contribution in [3.8, 4) is 11.4 Å². The van der Waals surface area contributed by atoms with Crippen LogP contribution in [0.15, 0.2) is 21.8 Å². The van der Waals surface area contributed by atoms with E-state index in [2.05, 4.69) is 9.97 Å². The second-order valence-corrected chi connectivity index (χ2v) is 3.18. The van der Waals surface area contributed by atoms with Gasteiger partial charge in [-0.2, -0.15) is 0 Å².